The SMILES string of the molecule is O=C1CCc2cc(-c3ccc(C(=O)O)c(F)c3)ccc2N1. The van der Waals surface area contributed by atoms with Crippen LogP contribution in [0.5, 0.6) is 0 Å². The van der Waals surface area contributed by atoms with Crippen LogP contribution in [0.25, 0.3) is 11.1 Å². The van der Waals surface area contributed by atoms with E-state index in [1.807, 2.05) is 6.07 Å². The number of aryl methyl sites for hydroxylation is 1. The summed E-state index contributed by atoms with van der Waals surface area (Å²) in [6.45, 7) is 0. The quantitative estimate of drug-likeness (QED) is 0.891. The van der Waals surface area contributed by atoms with Crippen LogP contribution < -0.4 is 5.32 Å². The first-order valence-electron chi connectivity index (χ1n) is 6.50. The van der Waals surface area contributed by atoms with Crippen LogP contribution in [0, 0.1) is 5.82 Å². The molecule has 0 spiro atoms. The standard InChI is InChI=1S/C16H12FNO3/c17-13-8-10(1-4-12(13)16(20)21)9-2-5-14-11(7-9)3-6-15(19)18-14/h1-2,4-5,7-8H,3,6H2,(H,18,19)(H,20,21). The van der Waals surface area contributed by atoms with E-state index in [0.29, 0.717) is 18.4 Å². The molecule has 0 unspecified atom stereocenters. The Bertz CT molecular complexity index is 755. The topological polar surface area (TPSA) is 66.4 Å². The molecule has 2 aromatic carbocycles. The summed E-state index contributed by atoms with van der Waals surface area (Å²) in [5.74, 6) is -2.05. The van der Waals surface area contributed by atoms with Crippen molar-refractivity contribution in [3.63, 3.8) is 0 Å². The Hall–Kier alpha value is -2.69. The van der Waals surface area contributed by atoms with Gasteiger partial charge in [-0.15, -0.1) is 0 Å². The van der Waals surface area contributed by atoms with E-state index in [2.05, 4.69) is 5.32 Å². The maximum atomic E-state index is 13.7. The van der Waals surface area contributed by atoms with Gasteiger partial charge in [-0.2, -0.15) is 0 Å². The van der Waals surface area contributed by atoms with Gasteiger partial charge in [0, 0.05) is 12.1 Å². The Kier molecular flexibility index (Phi) is 3.17. The molecule has 5 heteroatoms. The number of amides is 1. The smallest absolute Gasteiger partial charge is 0.338 e. The molecule has 2 N–H and O–H groups in total. The minimum atomic E-state index is -1.28. The molecule has 0 aromatic heterocycles. The number of nitrogens with one attached hydrogen (secondary N) is 1. The second-order valence-electron chi connectivity index (χ2n) is 4.92. The van der Waals surface area contributed by atoms with E-state index in [0.717, 1.165) is 16.8 Å². The zero-order chi connectivity index (χ0) is 15.0. The van der Waals surface area contributed by atoms with Crippen molar-refractivity contribution in [2.24, 2.45) is 0 Å². The van der Waals surface area contributed by atoms with Crippen LogP contribution in [0.1, 0.15) is 22.3 Å². The number of halogens is 1. The van der Waals surface area contributed by atoms with Crippen molar-refractivity contribution >= 4 is 17.6 Å². The van der Waals surface area contributed by atoms with Crippen molar-refractivity contribution in [1.82, 2.24) is 0 Å². The lowest BCUT2D eigenvalue weighted by Crippen LogP contribution is -2.18. The Balaban J connectivity index is 2.00. The van der Waals surface area contributed by atoms with Crippen LogP contribution >= 0.6 is 0 Å². The fourth-order valence-electron chi connectivity index (χ4n) is 2.43. The van der Waals surface area contributed by atoms with Gasteiger partial charge < -0.3 is 10.4 Å². The first-order valence-corrected chi connectivity index (χ1v) is 6.50. The van der Waals surface area contributed by atoms with Crippen molar-refractivity contribution in [3.8, 4) is 11.1 Å². The average molecular weight is 285 g/mol. The van der Waals surface area contributed by atoms with Gasteiger partial charge in [0.05, 0.1) is 5.56 Å². The summed E-state index contributed by atoms with van der Waals surface area (Å²) in [6, 6.07) is 9.50. The zero-order valence-corrected chi connectivity index (χ0v) is 11.0. The summed E-state index contributed by atoms with van der Waals surface area (Å²) in [5, 5.41) is 11.6. The minimum Gasteiger partial charge on any atom is -0.478 e. The molecule has 1 aliphatic rings. The minimum absolute atomic E-state index is 0.00731. The molecule has 0 fully saturated rings. The highest BCUT2D eigenvalue weighted by Crippen LogP contribution is 2.29. The Morgan fingerprint density at radius 2 is 1.81 bits per heavy atom. The molecular weight excluding hydrogens is 273 g/mol. The summed E-state index contributed by atoms with van der Waals surface area (Å²) >= 11 is 0. The molecule has 106 valence electrons. The first kappa shape index (κ1) is 13.3. The number of fused-ring (bicyclic) bond motifs is 1. The Labute approximate surface area is 120 Å². The van der Waals surface area contributed by atoms with Gasteiger partial charge in [0.2, 0.25) is 5.91 Å². The number of carboxylic acids is 1. The molecule has 3 rings (SSSR count). The molecule has 1 heterocycles. The molecule has 2 aromatic rings. The van der Waals surface area contributed by atoms with Crippen molar-refractivity contribution in [1.29, 1.82) is 0 Å². The molecule has 0 atom stereocenters. The predicted molar refractivity (Wildman–Crippen MR) is 75.7 cm³/mol. The van der Waals surface area contributed by atoms with Gasteiger partial charge in [0.15, 0.2) is 0 Å². The molecule has 0 saturated heterocycles. The maximum absolute atomic E-state index is 13.7. The highest BCUT2D eigenvalue weighted by molar-refractivity contribution is 5.94. The number of carbonyl (C=O) groups is 2. The molecule has 1 amide bonds. The van der Waals surface area contributed by atoms with Crippen molar-refractivity contribution in [2.45, 2.75) is 12.8 Å². The van der Waals surface area contributed by atoms with Crippen LogP contribution in [0.4, 0.5) is 10.1 Å². The van der Waals surface area contributed by atoms with E-state index >= 15 is 0 Å². The highest BCUT2D eigenvalue weighted by Gasteiger charge is 2.16. The number of hydrogen-bond donors (Lipinski definition) is 2. The third kappa shape index (κ3) is 2.50. The third-order valence-electron chi connectivity index (χ3n) is 3.53. The van der Waals surface area contributed by atoms with E-state index in [1.54, 1.807) is 18.2 Å². The molecular formula is C16H12FNO3. The fraction of sp³-hybridized carbons (Fsp3) is 0.125. The largest absolute Gasteiger partial charge is 0.478 e. The normalized spacial score (nSPS) is 13.5. The van der Waals surface area contributed by atoms with Gasteiger partial charge in [-0.25, -0.2) is 9.18 Å². The summed E-state index contributed by atoms with van der Waals surface area (Å²) in [4.78, 5) is 22.1. The lowest BCUT2D eigenvalue weighted by Gasteiger charge is -2.17. The van der Waals surface area contributed by atoms with Gasteiger partial charge >= 0.3 is 5.97 Å². The average Bonchev–Trinajstić information content (AvgIpc) is 2.46. The summed E-state index contributed by atoms with van der Waals surface area (Å²) < 4.78 is 13.7. The van der Waals surface area contributed by atoms with Crippen LogP contribution in [0.3, 0.4) is 0 Å². The van der Waals surface area contributed by atoms with Crippen LogP contribution in [-0.4, -0.2) is 17.0 Å². The second-order valence-corrected chi connectivity index (χ2v) is 4.92. The molecule has 0 aliphatic carbocycles. The van der Waals surface area contributed by atoms with Crippen LogP contribution in [0.15, 0.2) is 36.4 Å². The molecule has 21 heavy (non-hydrogen) atoms. The lowest BCUT2D eigenvalue weighted by atomic mass is 9.96. The van der Waals surface area contributed by atoms with Gasteiger partial charge in [-0.1, -0.05) is 12.1 Å². The number of aromatic carboxylic acids is 1. The van der Waals surface area contributed by atoms with E-state index < -0.39 is 11.8 Å². The zero-order valence-electron chi connectivity index (χ0n) is 11.0. The summed E-state index contributed by atoms with van der Waals surface area (Å²) in [7, 11) is 0. The number of anilines is 1. The molecule has 0 radical (unpaired) electrons. The lowest BCUT2D eigenvalue weighted by molar-refractivity contribution is -0.116. The number of carboxylic acid groups (broad SMARTS) is 1. The molecule has 0 bridgehead atoms. The second kappa shape index (κ2) is 5.01. The predicted octanol–water partition coefficient (Wildman–Crippen LogP) is 3.08. The summed E-state index contributed by atoms with van der Waals surface area (Å²) in [6.07, 6.45) is 1.08. The Morgan fingerprint density at radius 1 is 1.10 bits per heavy atom. The van der Waals surface area contributed by atoms with Gasteiger partial charge in [0.1, 0.15) is 5.82 Å². The van der Waals surface area contributed by atoms with E-state index in [1.165, 1.54) is 12.1 Å². The van der Waals surface area contributed by atoms with E-state index in [9.17, 15) is 14.0 Å². The Morgan fingerprint density at radius 3 is 2.52 bits per heavy atom. The number of hydrogen-bond acceptors (Lipinski definition) is 2. The molecule has 0 saturated carbocycles. The van der Waals surface area contributed by atoms with E-state index in [4.69, 9.17) is 5.11 Å². The van der Waals surface area contributed by atoms with Gasteiger partial charge in [-0.3, -0.25) is 4.79 Å². The number of benzene rings is 2. The van der Waals surface area contributed by atoms with Crippen LogP contribution in [0.2, 0.25) is 0 Å². The molecule has 4 nitrogen and oxygen atoms in total. The highest BCUT2D eigenvalue weighted by atomic mass is 19.1. The van der Waals surface area contributed by atoms with E-state index in [-0.39, 0.29) is 11.5 Å². The number of rotatable bonds is 2. The fourth-order valence-corrected chi connectivity index (χ4v) is 2.43. The van der Waals surface area contributed by atoms with Crippen molar-refractivity contribution < 1.29 is 19.1 Å². The van der Waals surface area contributed by atoms with Gasteiger partial charge in [0.25, 0.3) is 0 Å². The summed E-state index contributed by atoms with van der Waals surface area (Å²) in [5.41, 5.74) is 2.83. The number of carbonyl (C=O) groups excluding carboxylic acids is 1. The van der Waals surface area contributed by atoms with Crippen LogP contribution in [-0.2, 0) is 11.2 Å². The first-order chi connectivity index (χ1) is 10.0. The third-order valence-corrected chi connectivity index (χ3v) is 3.53. The maximum Gasteiger partial charge on any atom is 0.338 e. The van der Waals surface area contributed by atoms with Crippen molar-refractivity contribution in [2.75, 3.05) is 5.32 Å². The monoisotopic (exact) mass is 285 g/mol. The van der Waals surface area contributed by atoms with Gasteiger partial charge in [-0.05, 0) is 47.4 Å². The van der Waals surface area contributed by atoms with Crippen molar-refractivity contribution in [3.05, 3.63) is 53.3 Å². The molecule has 1 aliphatic heterocycles.